The summed E-state index contributed by atoms with van der Waals surface area (Å²) in [6.45, 7) is 0.685. The molecule has 0 bridgehead atoms. The molecule has 7 atom stereocenters. The number of aliphatic carboxylic acids is 1. The molecule has 244 valence electrons. The van der Waals surface area contributed by atoms with Crippen molar-refractivity contribution in [2.24, 2.45) is 0 Å². The minimum Gasteiger partial charge on any atom is -0.777 e. The Bertz CT molecular complexity index is 1610. The van der Waals surface area contributed by atoms with Crippen molar-refractivity contribution in [3.8, 4) is 0 Å². The Morgan fingerprint density at radius 2 is 1.84 bits per heavy atom. The van der Waals surface area contributed by atoms with E-state index in [1.165, 1.54) is 17.2 Å². The smallest absolute Gasteiger partial charge is 0.320 e. The van der Waals surface area contributed by atoms with Gasteiger partial charge in [-0.15, -0.1) is 0 Å². The molecule has 0 aliphatic carbocycles. The summed E-state index contributed by atoms with van der Waals surface area (Å²) in [5.41, 5.74) is 1.41. The zero-order valence-corrected chi connectivity index (χ0v) is 25.4. The van der Waals surface area contributed by atoms with E-state index < -0.39 is 77.7 Å². The fraction of sp³-hybridized carbons (Fsp3) is 0.458. The number of nitrogens with zero attached hydrogens (tertiary/aromatic N) is 4. The highest BCUT2D eigenvalue weighted by molar-refractivity contribution is 7.62. The highest BCUT2D eigenvalue weighted by atomic mass is 31.3. The number of rotatable bonds is 14. The van der Waals surface area contributed by atoms with Crippen molar-refractivity contribution in [1.82, 2.24) is 30.2 Å². The van der Waals surface area contributed by atoms with Crippen LogP contribution in [0.5, 0.6) is 0 Å². The lowest BCUT2D eigenvalue weighted by Crippen LogP contribution is -2.32. The van der Waals surface area contributed by atoms with Crippen LogP contribution in [0.1, 0.15) is 18.7 Å². The van der Waals surface area contributed by atoms with Gasteiger partial charge >= 0.3 is 12.0 Å². The molecule has 4 N–H and O–H groups in total. The summed E-state index contributed by atoms with van der Waals surface area (Å²) < 4.78 is 53.5. The summed E-state index contributed by atoms with van der Waals surface area (Å²) in [5.74, 6) is -1.22. The summed E-state index contributed by atoms with van der Waals surface area (Å²) >= 11 is 0. The summed E-state index contributed by atoms with van der Waals surface area (Å²) in [5, 5.41) is 15.9. The van der Waals surface area contributed by atoms with Crippen LogP contribution >= 0.6 is 15.4 Å². The lowest BCUT2D eigenvalue weighted by molar-refractivity contribution is -0.234. The van der Waals surface area contributed by atoms with Gasteiger partial charge in [-0.1, -0.05) is 30.3 Å². The van der Waals surface area contributed by atoms with Crippen LogP contribution in [0.25, 0.3) is 11.2 Å². The van der Waals surface area contributed by atoms with Crippen molar-refractivity contribution in [2.45, 2.75) is 44.2 Å². The molecule has 45 heavy (non-hydrogen) atoms. The molecule has 21 heteroatoms. The first-order valence-electron chi connectivity index (χ1n) is 13.6. The van der Waals surface area contributed by atoms with Crippen molar-refractivity contribution >= 4 is 44.4 Å². The van der Waals surface area contributed by atoms with Crippen molar-refractivity contribution in [1.29, 1.82) is 0 Å². The van der Waals surface area contributed by atoms with Gasteiger partial charge in [-0.25, -0.2) is 19.7 Å². The zero-order valence-electron chi connectivity index (χ0n) is 23.6. The predicted molar refractivity (Wildman–Crippen MR) is 148 cm³/mol. The number of fused-ring (bicyclic) bond motifs is 2. The van der Waals surface area contributed by atoms with Crippen LogP contribution in [0.3, 0.4) is 0 Å². The fourth-order valence-corrected chi connectivity index (χ4v) is 7.13. The van der Waals surface area contributed by atoms with Gasteiger partial charge in [0, 0.05) is 13.0 Å². The fourth-order valence-electron chi connectivity index (χ4n) is 4.77. The number of carbonyl (C=O) groups is 2. The molecule has 19 nitrogen and oxygen atoms in total. The maximum Gasteiger partial charge on any atom is 0.320 e. The van der Waals surface area contributed by atoms with Gasteiger partial charge in [-0.3, -0.25) is 28.9 Å². The van der Waals surface area contributed by atoms with Crippen LogP contribution in [-0.4, -0.2) is 87.2 Å². The van der Waals surface area contributed by atoms with E-state index in [1.807, 2.05) is 35.6 Å². The number of carboxylic acid groups (broad SMARTS) is 1. The van der Waals surface area contributed by atoms with E-state index in [-0.39, 0.29) is 17.0 Å². The number of urea groups is 1. The standard InChI is InChI=1S/C24H31N7O12P2/c1-2-26-24(34)30-21-18-22(28-11-27-21)31(12-29-18)23-20-19(41-17(42-20)8-14-6-4-3-5-7-14)15(40-23)10-39-45(37,38)43-44(35,36)13-25-9-16(32)33/h3-7,11-12,15,17,19-20,23,25H,2,8-10,13H2,1H3,(H,32,33)(H,35,36)(H,37,38)(H2,26,27,28,30,34)/p-2/t15-,17?,19?,20+,23-/m1/s1. The van der Waals surface area contributed by atoms with Crippen LogP contribution in [0, 0.1) is 0 Å². The van der Waals surface area contributed by atoms with E-state index in [0.717, 1.165) is 5.56 Å². The summed E-state index contributed by atoms with van der Waals surface area (Å²) in [6, 6.07) is 8.85. The summed E-state index contributed by atoms with van der Waals surface area (Å²) in [7, 11) is -10.5. The number of benzene rings is 1. The van der Waals surface area contributed by atoms with Gasteiger partial charge in [0.15, 0.2) is 37.1 Å². The van der Waals surface area contributed by atoms with Crippen molar-refractivity contribution < 1.29 is 56.7 Å². The first-order valence-corrected chi connectivity index (χ1v) is 16.8. The number of carbonyl (C=O) groups excluding carboxylic acids is 1. The normalized spacial score (nSPS) is 25.4. The van der Waals surface area contributed by atoms with Crippen LogP contribution in [-0.2, 0) is 43.4 Å². The molecule has 0 radical (unpaired) electrons. The Morgan fingerprint density at radius 1 is 1.09 bits per heavy atom. The number of hydrogen-bond acceptors (Lipinski definition) is 15. The minimum absolute atomic E-state index is 0.133. The molecule has 2 aliphatic rings. The number of aromatic nitrogens is 4. The van der Waals surface area contributed by atoms with E-state index in [2.05, 4.69) is 29.9 Å². The van der Waals surface area contributed by atoms with E-state index in [4.69, 9.17) is 23.8 Å². The largest absolute Gasteiger partial charge is 0.777 e. The SMILES string of the molecule is CCNC(=O)Nc1ncnc2c1ncn2[C@@H]1O[C@H](COP(=O)([O-])OP(=O)([O-])CNCC(=O)O)C2OC(Cc3ccccc3)O[C@@H]21. The molecule has 2 aromatic heterocycles. The topological polar surface area (TPSA) is 260 Å². The second-order valence-corrected chi connectivity index (χ2v) is 13.2. The molecule has 5 rings (SSSR count). The molecule has 0 spiro atoms. The van der Waals surface area contributed by atoms with E-state index in [9.17, 15) is 28.5 Å². The Hall–Kier alpha value is -3.35. The Balaban J connectivity index is 1.34. The lowest BCUT2D eigenvalue weighted by Gasteiger charge is -2.32. The highest BCUT2D eigenvalue weighted by Crippen LogP contribution is 2.55. The Labute approximate surface area is 255 Å². The van der Waals surface area contributed by atoms with E-state index in [1.54, 1.807) is 6.92 Å². The maximum atomic E-state index is 12.4. The van der Waals surface area contributed by atoms with Crippen LogP contribution in [0.4, 0.5) is 10.6 Å². The number of imidazole rings is 1. The van der Waals surface area contributed by atoms with Gasteiger partial charge in [0.1, 0.15) is 24.6 Å². The molecule has 4 unspecified atom stereocenters. The lowest BCUT2D eigenvalue weighted by atomic mass is 10.1. The number of nitrogens with one attached hydrogen (secondary N) is 3. The number of phosphoric ester groups is 1. The van der Waals surface area contributed by atoms with Crippen molar-refractivity contribution in [3.63, 3.8) is 0 Å². The van der Waals surface area contributed by atoms with Crippen LogP contribution in [0.15, 0.2) is 43.0 Å². The molecule has 4 heterocycles. The Kier molecular flexibility index (Phi) is 10.2. The number of carboxylic acids is 1. The summed E-state index contributed by atoms with van der Waals surface area (Å²) in [6.07, 6.45) is -2.64. The third kappa shape index (κ3) is 8.28. The monoisotopic (exact) mass is 669 g/mol. The molecular formula is C24H29N7O12P2-2. The number of anilines is 1. The molecule has 0 saturated carbocycles. The van der Waals surface area contributed by atoms with Gasteiger partial charge in [0.05, 0.1) is 25.8 Å². The molecule has 3 aromatic rings. The van der Waals surface area contributed by atoms with Gasteiger partial charge in [0.25, 0.3) is 7.82 Å². The number of amides is 2. The molecular weight excluding hydrogens is 640 g/mol. The van der Waals surface area contributed by atoms with Gasteiger partial charge in [0.2, 0.25) is 0 Å². The first kappa shape index (κ1) is 33.0. The average Bonchev–Trinajstić information content (AvgIpc) is 3.66. The quantitative estimate of drug-likeness (QED) is 0.163. The highest BCUT2D eigenvalue weighted by Gasteiger charge is 2.54. The minimum atomic E-state index is -5.46. The van der Waals surface area contributed by atoms with E-state index >= 15 is 0 Å². The first-order chi connectivity index (χ1) is 21.4. The molecule has 2 amide bonds. The van der Waals surface area contributed by atoms with Gasteiger partial charge in [-0.2, -0.15) is 0 Å². The molecule has 2 saturated heterocycles. The van der Waals surface area contributed by atoms with Gasteiger partial charge in [-0.05, 0) is 12.5 Å². The average molecular weight is 669 g/mol. The van der Waals surface area contributed by atoms with Crippen molar-refractivity contribution in [2.75, 3.05) is 31.3 Å². The second-order valence-electron chi connectivity index (χ2n) is 9.83. The van der Waals surface area contributed by atoms with E-state index in [0.29, 0.717) is 13.0 Å². The number of hydrogen-bond donors (Lipinski definition) is 4. The number of ether oxygens (including phenoxy) is 3. The van der Waals surface area contributed by atoms with Crippen LogP contribution < -0.4 is 25.7 Å². The summed E-state index contributed by atoms with van der Waals surface area (Å²) in [4.78, 5) is 59.9. The Morgan fingerprint density at radius 3 is 2.58 bits per heavy atom. The van der Waals surface area contributed by atoms with Crippen molar-refractivity contribution in [3.05, 3.63) is 48.5 Å². The van der Waals surface area contributed by atoms with Crippen LogP contribution in [0.2, 0.25) is 0 Å². The molecule has 2 aliphatic heterocycles. The zero-order chi connectivity index (χ0) is 32.2. The molecule has 1 aromatic carbocycles. The van der Waals surface area contributed by atoms with Gasteiger partial charge < -0.3 is 43.5 Å². The third-order valence-corrected chi connectivity index (χ3v) is 9.43. The number of phosphoric acid groups is 1. The second kappa shape index (κ2) is 14.0. The molecule has 2 fully saturated rings. The maximum absolute atomic E-state index is 12.4. The predicted octanol–water partition coefficient (Wildman–Crippen LogP) is -0.0954. The third-order valence-electron chi connectivity index (χ3n) is 6.55.